The lowest BCUT2D eigenvalue weighted by Crippen LogP contribution is -2.71. The van der Waals surface area contributed by atoms with Crippen molar-refractivity contribution in [2.45, 2.75) is 32.3 Å². The lowest BCUT2D eigenvalue weighted by Gasteiger charge is -2.57. The van der Waals surface area contributed by atoms with Gasteiger partial charge in [0.1, 0.15) is 5.25 Å². The summed E-state index contributed by atoms with van der Waals surface area (Å²) in [6, 6.07) is 40.1. The van der Waals surface area contributed by atoms with Crippen LogP contribution in [0, 0.1) is 0 Å². The first-order valence-electron chi connectivity index (χ1n) is 11.2. The van der Waals surface area contributed by atoms with Gasteiger partial charge in [0.15, 0.2) is 0 Å². The van der Waals surface area contributed by atoms with E-state index in [2.05, 4.69) is 95.9 Å². The smallest absolute Gasteiger partial charge is 0.244 e. The number of carbonyl (C=O) groups excluding carboxylic acids is 1. The van der Waals surface area contributed by atoms with Gasteiger partial charge in [-0.2, -0.15) is 0 Å². The molecular weight excluding hydrogens is 442 g/mol. The molecule has 2 heterocycles. The second kappa shape index (κ2) is 8.44. The Bertz CT molecular complexity index is 1280. The highest BCUT2D eigenvalue weighted by Gasteiger charge is 2.64. The molecule has 4 aromatic carbocycles. The molecular formula is C29H23NOS2. The standard InChI is InChI=1S/C29H23NOS2/c31-28-27(32-23-16-8-3-9-17-23)29(22-14-6-2-7-15-22)20-26(21-12-4-1-5-13-21)33-25-19-11-10-18-24(25)30(28)29/h1-19,26-27H,20H2/t26-,27-,29-/m1/s1. The number of rotatable bonds is 4. The van der Waals surface area contributed by atoms with Gasteiger partial charge in [0, 0.05) is 15.0 Å². The molecule has 162 valence electrons. The van der Waals surface area contributed by atoms with E-state index >= 15 is 0 Å². The van der Waals surface area contributed by atoms with Crippen molar-refractivity contribution < 1.29 is 4.79 Å². The van der Waals surface area contributed by atoms with E-state index in [9.17, 15) is 4.79 Å². The van der Waals surface area contributed by atoms with Gasteiger partial charge in [-0.1, -0.05) is 91.0 Å². The molecule has 0 aliphatic carbocycles. The van der Waals surface area contributed by atoms with Crippen molar-refractivity contribution in [2.75, 3.05) is 4.90 Å². The number of carbonyl (C=O) groups is 1. The predicted octanol–water partition coefficient (Wildman–Crippen LogP) is 7.33. The molecule has 2 aliphatic heterocycles. The highest BCUT2D eigenvalue weighted by Crippen LogP contribution is 2.62. The Hall–Kier alpha value is -2.95. The number of thioether (sulfide) groups is 2. The van der Waals surface area contributed by atoms with E-state index in [-0.39, 0.29) is 16.4 Å². The summed E-state index contributed by atoms with van der Waals surface area (Å²) >= 11 is 3.58. The largest absolute Gasteiger partial charge is 0.298 e. The van der Waals surface area contributed by atoms with Crippen LogP contribution in [0.25, 0.3) is 0 Å². The fourth-order valence-corrected chi connectivity index (χ4v) is 7.78. The van der Waals surface area contributed by atoms with Crippen LogP contribution in [0.4, 0.5) is 5.69 Å². The molecule has 33 heavy (non-hydrogen) atoms. The molecule has 1 saturated heterocycles. The van der Waals surface area contributed by atoms with E-state index < -0.39 is 5.54 Å². The summed E-state index contributed by atoms with van der Waals surface area (Å²) in [4.78, 5) is 18.2. The first-order valence-corrected chi connectivity index (χ1v) is 13.0. The van der Waals surface area contributed by atoms with Gasteiger partial charge in [-0.05, 0) is 41.8 Å². The second-order valence-corrected chi connectivity index (χ2v) is 10.9. The second-order valence-electron chi connectivity index (χ2n) is 8.46. The van der Waals surface area contributed by atoms with Crippen LogP contribution in [-0.4, -0.2) is 11.2 Å². The summed E-state index contributed by atoms with van der Waals surface area (Å²) in [6.07, 6.45) is 0.858. The fraction of sp³-hybridized carbons (Fsp3) is 0.138. The molecule has 1 fully saturated rings. The minimum Gasteiger partial charge on any atom is -0.298 e. The first-order chi connectivity index (χ1) is 16.3. The first kappa shape index (κ1) is 20.6. The van der Waals surface area contributed by atoms with E-state index in [1.54, 1.807) is 11.8 Å². The zero-order valence-corrected chi connectivity index (χ0v) is 19.6. The van der Waals surface area contributed by atoms with Gasteiger partial charge in [-0.15, -0.1) is 23.5 Å². The normalized spacial score (nSPS) is 23.8. The van der Waals surface area contributed by atoms with E-state index in [4.69, 9.17) is 0 Å². The Morgan fingerprint density at radius 2 is 1.36 bits per heavy atom. The van der Waals surface area contributed by atoms with E-state index in [1.807, 2.05) is 36.0 Å². The Morgan fingerprint density at radius 3 is 2.09 bits per heavy atom. The molecule has 6 rings (SSSR count). The summed E-state index contributed by atoms with van der Waals surface area (Å²) in [5, 5.41) is 0.0600. The molecule has 0 aromatic heterocycles. The topological polar surface area (TPSA) is 20.3 Å². The van der Waals surface area contributed by atoms with Crippen LogP contribution >= 0.6 is 23.5 Å². The van der Waals surface area contributed by atoms with Crippen molar-refractivity contribution >= 4 is 35.1 Å². The van der Waals surface area contributed by atoms with Crippen LogP contribution in [0.1, 0.15) is 22.8 Å². The molecule has 4 aromatic rings. The van der Waals surface area contributed by atoms with Gasteiger partial charge in [0.05, 0.1) is 11.2 Å². The lowest BCUT2D eigenvalue weighted by atomic mass is 9.72. The fourth-order valence-electron chi connectivity index (χ4n) is 5.08. The summed E-state index contributed by atoms with van der Waals surface area (Å²) in [5.74, 6) is 0.189. The Morgan fingerprint density at radius 1 is 0.758 bits per heavy atom. The SMILES string of the molecule is O=C1[C@@H](Sc2ccccc2)[C@]2(c3ccccc3)C[C@H](c3ccccc3)Sc3ccccc3N12. The molecule has 1 amide bonds. The third-order valence-electron chi connectivity index (χ3n) is 6.59. The number of nitrogens with zero attached hydrogens (tertiary/aromatic N) is 1. The molecule has 0 N–H and O–H groups in total. The van der Waals surface area contributed by atoms with Crippen molar-refractivity contribution in [3.8, 4) is 0 Å². The molecule has 2 aliphatic rings. The summed E-state index contributed by atoms with van der Waals surface area (Å²) < 4.78 is 0. The Labute approximate surface area is 203 Å². The maximum absolute atomic E-state index is 13.8. The van der Waals surface area contributed by atoms with Crippen LogP contribution < -0.4 is 4.90 Å². The Kier molecular flexibility index (Phi) is 5.28. The number of amides is 1. The number of anilines is 1. The molecule has 0 saturated carbocycles. The number of fused-ring (bicyclic) bond motifs is 3. The number of hydrogen-bond donors (Lipinski definition) is 0. The molecule has 0 spiro atoms. The van der Waals surface area contributed by atoms with Gasteiger partial charge in [-0.3, -0.25) is 9.69 Å². The number of para-hydroxylation sites is 1. The average Bonchev–Trinajstić information content (AvgIpc) is 3.02. The molecule has 0 radical (unpaired) electrons. The number of hydrogen-bond acceptors (Lipinski definition) is 3. The molecule has 4 heteroatoms. The summed E-state index contributed by atoms with van der Waals surface area (Å²) in [5.41, 5.74) is 3.12. The van der Waals surface area contributed by atoms with Crippen LogP contribution in [-0.2, 0) is 10.3 Å². The zero-order chi connectivity index (χ0) is 22.3. The highest BCUT2D eigenvalue weighted by molar-refractivity contribution is 8.01. The zero-order valence-electron chi connectivity index (χ0n) is 18.0. The third-order valence-corrected chi connectivity index (χ3v) is 9.29. The highest BCUT2D eigenvalue weighted by atomic mass is 32.2. The van der Waals surface area contributed by atoms with Gasteiger partial charge in [0.25, 0.3) is 0 Å². The van der Waals surface area contributed by atoms with Crippen molar-refractivity contribution in [3.63, 3.8) is 0 Å². The average molecular weight is 466 g/mol. The van der Waals surface area contributed by atoms with Crippen LogP contribution in [0.3, 0.4) is 0 Å². The third kappa shape index (κ3) is 3.40. The van der Waals surface area contributed by atoms with Crippen molar-refractivity contribution in [3.05, 3.63) is 126 Å². The predicted molar refractivity (Wildman–Crippen MR) is 138 cm³/mol. The van der Waals surface area contributed by atoms with E-state index in [1.165, 1.54) is 16.0 Å². The van der Waals surface area contributed by atoms with Crippen LogP contribution in [0.15, 0.2) is 125 Å². The maximum atomic E-state index is 13.8. The summed E-state index contributed by atoms with van der Waals surface area (Å²) in [6.45, 7) is 0. The lowest BCUT2D eigenvalue weighted by molar-refractivity contribution is -0.127. The maximum Gasteiger partial charge on any atom is 0.244 e. The van der Waals surface area contributed by atoms with Crippen molar-refractivity contribution in [1.29, 1.82) is 0 Å². The van der Waals surface area contributed by atoms with Crippen LogP contribution in [0.2, 0.25) is 0 Å². The molecule has 2 nitrogen and oxygen atoms in total. The van der Waals surface area contributed by atoms with E-state index in [0.29, 0.717) is 0 Å². The minimum atomic E-state index is -0.418. The van der Waals surface area contributed by atoms with Gasteiger partial charge in [0.2, 0.25) is 5.91 Å². The Balaban J connectivity index is 1.55. The van der Waals surface area contributed by atoms with Crippen LogP contribution in [0.5, 0.6) is 0 Å². The minimum absolute atomic E-state index is 0.180. The number of β-lactam (4-membered cyclic amide) rings is 1. The quantitative estimate of drug-likeness (QED) is 0.294. The van der Waals surface area contributed by atoms with Gasteiger partial charge >= 0.3 is 0 Å². The van der Waals surface area contributed by atoms with Gasteiger partial charge in [-0.25, -0.2) is 0 Å². The summed E-state index contributed by atoms with van der Waals surface area (Å²) in [7, 11) is 0. The monoisotopic (exact) mass is 465 g/mol. The molecule has 3 atom stereocenters. The molecule has 0 unspecified atom stereocenters. The van der Waals surface area contributed by atoms with Gasteiger partial charge < -0.3 is 0 Å². The van der Waals surface area contributed by atoms with Crippen molar-refractivity contribution in [2.24, 2.45) is 0 Å². The van der Waals surface area contributed by atoms with Crippen molar-refractivity contribution in [1.82, 2.24) is 0 Å². The van der Waals surface area contributed by atoms with E-state index in [0.717, 1.165) is 17.0 Å². The molecule has 0 bridgehead atoms. The number of benzene rings is 4.